The Balaban J connectivity index is 1.69. The van der Waals surface area contributed by atoms with Crippen molar-refractivity contribution < 1.29 is 0 Å². The smallest absolute Gasteiger partial charge is 0.113 e. The summed E-state index contributed by atoms with van der Waals surface area (Å²) >= 11 is 0. The van der Waals surface area contributed by atoms with E-state index in [2.05, 4.69) is 11.9 Å². The molecule has 1 rings (SSSR count). The van der Waals surface area contributed by atoms with Crippen molar-refractivity contribution >= 4 is 5.84 Å². The van der Waals surface area contributed by atoms with Gasteiger partial charge in [-0.05, 0) is 6.42 Å². The highest BCUT2D eigenvalue weighted by Crippen LogP contribution is 2.14. The van der Waals surface area contributed by atoms with E-state index in [9.17, 15) is 0 Å². The first-order valence-electron chi connectivity index (χ1n) is 10.9. The van der Waals surface area contributed by atoms with Crippen LogP contribution in [0.4, 0.5) is 0 Å². The number of unbranched alkanes of at least 4 members (excludes halogenated alkanes) is 15. The van der Waals surface area contributed by atoms with Gasteiger partial charge in [-0.15, -0.1) is 0 Å². The number of nitrogens with zero attached hydrogens (tertiary/aromatic N) is 2. The van der Waals surface area contributed by atoms with Crippen molar-refractivity contribution in [1.82, 2.24) is 5.01 Å². The summed E-state index contributed by atoms with van der Waals surface area (Å²) in [5.74, 6) is 6.97. The molecule has 3 nitrogen and oxygen atoms in total. The number of hydrogen-bond acceptors (Lipinski definition) is 3. The number of nitrogens with two attached hydrogens (primary N) is 1. The molecule has 0 spiro atoms. The summed E-state index contributed by atoms with van der Waals surface area (Å²) < 4.78 is 0. The molecule has 0 saturated heterocycles. The lowest BCUT2D eigenvalue weighted by Gasteiger charge is -2.12. The molecule has 0 aromatic heterocycles. The zero-order valence-corrected chi connectivity index (χ0v) is 16.4. The molecule has 142 valence electrons. The number of aliphatic imine (C=N–C) groups is 1. The maximum atomic E-state index is 5.85. The van der Waals surface area contributed by atoms with Gasteiger partial charge < -0.3 is 0 Å². The summed E-state index contributed by atoms with van der Waals surface area (Å²) in [5, 5.41) is 1.82. The average molecular weight is 338 g/mol. The second kappa shape index (κ2) is 15.9. The highest BCUT2D eigenvalue weighted by atomic mass is 15.4. The molecule has 0 amide bonds. The van der Waals surface area contributed by atoms with E-state index in [1.165, 1.54) is 103 Å². The Kier molecular flexibility index (Phi) is 14.3. The van der Waals surface area contributed by atoms with Gasteiger partial charge in [0.1, 0.15) is 5.84 Å². The van der Waals surface area contributed by atoms with Gasteiger partial charge in [0.25, 0.3) is 0 Å². The van der Waals surface area contributed by atoms with E-state index >= 15 is 0 Å². The van der Waals surface area contributed by atoms with Gasteiger partial charge in [0.2, 0.25) is 0 Å². The van der Waals surface area contributed by atoms with Gasteiger partial charge >= 0.3 is 0 Å². The van der Waals surface area contributed by atoms with Crippen LogP contribution in [0, 0.1) is 0 Å². The molecule has 0 unspecified atom stereocenters. The maximum absolute atomic E-state index is 5.85. The van der Waals surface area contributed by atoms with E-state index in [1.807, 2.05) is 5.01 Å². The Morgan fingerprint density at radius 1 is 0.708 bits per heavy atom. The summed E-state index contributed by atoms with van der Waals surface area (Å²) in [6.45, 7) is 4.10. The number of rotatable bonds is 17. The highest BCUT2D eigenvalue weighted by molar-refractivity contribution is 5.83. The third-order valence-corrected chi connectivity index (χ3v) is 5.22. The van der Waals surface area contributed by atoms with Gasteiger partial charge in [0.05, 0.1) is 13.1 Å². The molecule has 0 aliphatic carbocycles. The van der Waals surface area contributed by atoms with Crippen molar-refractivity contribution in [1.29, 1.82) is 0 Å². The maximum Gasteiger partial charge on any atom is 0.113 e. The minimum atomic E-state index is 0.894. The third-order valence-electron chi connectivity index (χ3n) is 5.22. The van der Waals surface area contributed by atoms with E-state index in [1.54, 1.807) is 0 Å². The molecule has 1 aliphatic rings. The van der Waals surface area contributed by atoms with Crippen molar-refractivity contribution in [2.45, 2.75) is 116 Å². The molecule has 0 radical (unpaired) electrons. The number of hydrogen-bond donors (Lipinski definition) is 1. The molecule has 3 heteroatoms. The van der Waals surface area contributed by atoms with Crippen LogP contribution in [0.3, 0.4) is 0 Å². The Morgan fingerprint density at radius 3 is 1.50 bits per heavy atom. The van der Waals surface area contributed by atoms with Crippen molar-refractivity contribution in [2.24, 2.45) is 10.8 Å². The first-order chi connectivity index (χ1) is 11.8. The number of hydrazine groups is 1. The van der Waals surface area contributed by atoms with Gasteiger partial charge in [-0.25, -0.2) is 5.84 Å². The lowest BCUT2D eigenvalue weighted by molar-refractivity contribution is 0.469. The second-order valence-electron chi connectivity index (χ2n) is 7.54. The molecule has 0 atom stereocenters. The fourth-order valence-corrected chi connectivity index (χ4v) is 3.56. The summed E-state index contributed by atoms with van der Waals surface area (Å²) in [4.78, 5) is 4.44. The molecular weight excluding hydrogens is 294 g/mol. The van der Waals surface area contributed by atoms with Crippen molar-refractivity contribution in [3.8, 4) is 0 Å². The molecule has 1 heterocycles. The van der Waals surface area contributed by atoms with Crippen molar-refractivity contribution in [3.05, 3.63) is 0 Å². The molecule has 2 N–H and O–H groups in total. The normalized spacial score (nSPS) is 14.4. The Bertz CT molecular complexity index is 301. The van der Waals surface area contributed by atoms with E-state index in [0.29, 0.717) is 0 Å². The van der Waals surface area contributed by atoms with E-state index in [4.69, 9.17) is 5.84 Å². The number of amidine groups is 1. The van der Waals surface area contributed by atoms with E-state index < -0.39 is 0 Å². The fourth-order valence-electron chi connectivity index (χ4n) is 3.56. The summed E-state index contributed by atoms with van der Waals surface area (Å²) in [6.07, 6.45) is 23.8. The van der Waals surface area contributed by atoms with Crippen molar-refractivity contribution in [3.63, 3.8) is 0 Å². The summed E-state index contributed by atoms with van der Waals surface area (Å²) in [5.41, 5.74) is 0. The molecule has 1 aliphatic heterocycles. The van der Waals surface area contributed by atoms with Gasteiger partial charge in [0, 0.05) is 6.42 Å². The third kappa shape index (κ3) is 11.9. The van der Waals surface area contributed by atoms with Crippen LogP contribution in [0.2, 0.25) is 0 Å². The standard InChI is InChI=1S/C21H43N3/c1-2-3-4-5-6-7-8-9-10-11-12-13-14-15-16-17-18-21-23-19-20-24(21)22/h2-20,22H2,1H3. The van der Waals surface area contributed by atoms with Gasteiger partial charge in [-0.1, -0.05) is 103 Å². The van der Waals surface area contributed by atoms with Crippen LogP contribution in [0.5, 0.6) is 0 Å². The molecule has 24 heavy (non-hydrogen) atoms. The second-order valence-corrected chi connectivity index (χ2v) is 7.54. The largest absolute Gasteiger partial charge is 0.297 e. The lowest BCUT2D eigenvalue weighted by Crippen LogP contribution is -2.34. The Labute approximate surface area is 151 Å². The molecule has 0 saturated carbocycles. The monoisotopic (exact) mass is 337 g/mol. The van der Waals surface area contributed by atoms with Crippen LogP contribution in [0.1, 0.15) is 116 Å². The summed E-state index contributed by atoms with van der Waals surface area (Å²) in [6, 6.07) is 0. The topological polar surface area (TPSA) is 41.6 Å². The van der Waals surface area contributed by atoms with Crippen LogP contribution in [-0.2, 0) is 0 Å². The molecular formula is C21H43N3. The van der Waals surface area contributed by atoms with Crippen LogP contribution in [0.25, 0.3) is 0 Å². The van der Waals surface area contributed by atoms with Crippen molar-refractivity contribution in [2.75, 3.05) is 13.1 Å². The molecule has 0 aromatic carbocycles. The minimum Gasteiger partial charge on any atom is -0.297 e. The lowest BCUT2D eigenvalue weighted by atomic mass is 10.0. The zero-order chi connectivity index (χ0) is 17.3. The van der Waals surface area contributed by atoms with Gasteiger partial charge in [0.15, 0.2) is 0 Å². The van der Waals surface area contributed by atoms with E-state index in [-0.39, 0.29) is 0 Å². The molecule has 0 bridgehead atoms. The van der Waals surface area contributed by atoms with Crippen LogP contribution >= 0.6 is 0 Å². The minimum absolute atomic E-state index is 0.894. The first kappa shape index (κ1) is 21.5. The SMILES string of the molecule is CCCCCCCCCCCCCCCCCCC1=NCCN1N. The molecule has 0 fully saturated rings. The van der Waals surface area contributed by atoms with Crippen LogP contribution in [-0.4, -0.2) is 23.9 Å². The highest BCUT2D eigenvalue weighted by Gasteiger charge is 2.11. The Hall–Kier alpha value is -0.570. The fraction of sp³-hybridized carbons (Fsp3) is 0.952. The Morgan fingerprint density at radius 2 is 1.12 bits per heavy atom. The van der Waals surface area contributed by atoms with E-state index in [0.717, 1.165) is 25.3 Å². The zero-order valence-electron chi connectivity index (χ0n) is 16.4. The predicted molar refractivity (Wildman–Crippen MR) is 107 cm³/mol. The van der Waals surface area contributed by atoms with Gasteiger partial charge in [-0.3, -0.25) is 10.0 Å². The predicted octanol–water partition coefficient (Wildman–Crippen LogP) is 6.23. The van der Waals surface area contributed by atoms with Crippen LogP contribution in [0.15, 0.2) is 4.99 Å². The van der Waals surface area contributed by atoms with Crippen LogP contribution < -0.4 is 5.84 Å². The summed E-state index contributed by atoms with van der Waals surface area (Å²) in [7, 11) is 0. The average Bonchev–Trinajstić information content (AvgIpc) is 2.99. The van der Waals surface area contributed by atoms with Gasteiger partial charge in [-0.2, -0.15) is 0 Å². The molecule has 0 aromatic rings. The quantitative estimate of drug-likeness (QED) is 0.253. The first-order valence-corrected chi connectivity index (χ1v) is 10.9.